The van der Waals surface area contributed by atoms with E-state index in [9.17, 15) is 0 Å². The summed E-state index contributed by atoms with van der Waals surface area (Å²) >= 11 is 0. The van der Waals surface area contributed by atoms with E-state index in [-0.39, 0.29) is 0 Å². The Labute approximate surface area is 349 Å². The summed E-state index contributed by atoms with van der Waals surface area (Å²) in [5, 5.41) is 4.71. The molecule has 0 aliphatic carbocycles. The molecule has 2 heteroatoms. The quantitative estimate of drug-likeness (QED) is 0.153. The zero-order valence-corrected chi connectivity index (χ0v) is 32.9. The van der Waals surface area contributed by atoms with Crippen molar-refractivity contribution >= 4 is 49.8 Å². The lowest BCUT2D eigenvalue weighted by molar-refractivity contribution is 0.669. The molecule has 0 amide bonds. The molecular formula is C58H39NO. The summed E-state index contributed by atoms with van der Waals surface area (Å²) in [6.07, 6.45) is 0. The van der Waals surface area contributed by atoms with Gasteiger partial charge in [-0.25, -0.2) is 0 Å². The minimum absolute atomic E-state index is 0.886. The molecule has 282 valence electrons. The van der Waals surface area contributed by atoms with Gasteiger partial charge in [0.15, 0.2) is 0 Å². The highest BCUT2D eigenvalue weighted by molar-refractivity contribution is 6.08. The average Bonchev–Trinajstić information content (AvgIpc) is 3.70. The maximum absolute atomic E-state index is 6.28. The highest BCUT2D eigenvalue weighted by atomic mass is 16.3. The van der Waals surface area contributed by atoms with Crippen molar-refractivity contribution in [3.05, 3.63) is 237 Å². The summed E-state index contributed by atoms with van der Waals surface area (Å²) in [4.78, 5) is 2.44. The fourth-order valence-corrected chi connectivity index (χ4v) is 8.86. The van der Waals surface area contributed by atoms with E-state index in [1.54, 1.807) is 0 Å². The summed E-state index contributed by atoms with van der Waals surface area (Å²) in [5.41, 5.74) is 16.7. The molecule has 0 saturated carbocycles. The lowest BCUT2D eigenvalue weighted by Crippen LogP contribution is -2.12. The second kappa shape index (κ2) is 15.1. The molecule has 0 saturated heterocycles. The topological polar surface area (TPSA) is 16.4 Å². The highest BCUT2D eigenvalue weighted by Crippen LogP contribution is 2.48. The van der Waals surface area contributed by atoms with E-state index in [1.165, 1.54) is 44.2 Å². The van der Waals surface area contributed by atoms with Crippen LogP contribution in [0.15, 0.2) is 241 Å². The molecule has 11 aromatic rings. The number of hydrogen-bond donors (Lipinski definition) is 0. The first-order chi connectivity index (χ1) is 29.8. The fourth-order valence-electron chi connectivity index (χ4n) is 8.86. The lowest BCUT2D eigenvalue weighted by Gasteiger charge is -2.30. The minimum Gasteiger partial charge on any atom is -0.456 e. The predicted octanol–water partition coefficient (Wildman–Crippen LogP) is 16.5. The second-order valence-corrected chi connectivity index (χ2v) is 15.2. The minimum atomic E-state index is 0.886. The van der Waals surface area contributed by atoms with Crippen LogP contribution in [0.1, 0.15) is 0 Å². The molecule has 10 aromatic carbocycles. The Morgan fingerprint density at radius 2 is 0.833 bits per heavy atom. The summed E-state index contributed by atoms with van der Waals surface area (Å²) in [6.45, 7) is 0. The van der Waals surface area contributed by atoms with Crippen LogP contribution in [0.25, 0.3) is 88.3 Å². The molecule has 11 rings (SSSR count). The van der Waals surface area contributed by atoms with Crippen molar-refractivity contribution in [1.29, 1.82) is 0 Å². The van der Waals surface area contributed by atoms with Crippen molar-refractivity contribution in [3.63, 3.8) is 0 Å². The molecular weight excluding hydrogens is 727 g/mol. The van der Waals surface area contributed by atoms with Gasteiger partial charge in [-0.2, -0.15) is 0 Å². The fraction of sp³-hybridized carbons (Fsp3) is 0. The Morgan fingerprint density at radius 1 is 0.283 bits per heavy atom. The monoisotopic (exact) mass is 765 g/mol. The van der Waals surface area contributed by atoms with Crippen LogP contribution in [-0.4, -0.2) is 0 Å². The highest BCUT2D eigenvalue weighted by Gasteiger charge is 2.23. The zero-order valence-electron chi connectivity index (χ0n) is 32.9. The van der Waals surface area contributed by atoms with Crippen LogP contribution >= 0.6 is 0 Å². The Balaban J connectivity index is 1.16. The number of para-hydroxylation sites is 1. The molecule has 0 spiro atoms. The molecule has 1 aromatic heterocycles. The molecule has 0 N–H and O–H groups in total. The van der Waals surface area contributed by atoms with Crippen LogP contribution in [0, 0.1) is 0 Å². The molecule has 0 unspecified atom stereocenters. The van der Waals surface area contributed by atoms with E-state index in [0.29, 0.717) is 0 Å². The summed E-state index contributed by atoms with van der Waals surface area (Å²) < 4.78 is 6.28. The Hall–Kier alpha value is -7.94. The Morgan fingerprint density at radius 3 is 1.60 bits per heavy atom. The molecule has 1 heterocycles. The Kier molecular flexibility index (Phi) is 8.87. The normalized spacial score (nSPS) is 11.3. The number of fused-ring (bicyclic) bond motifs is 4. The molecule has 0 fully saturated rings. The maximum Gasteiger partial charge on any atom is 0.135 e. The van der Waals surface area contributed by atoms with E-state index in [1.807, 2.05) is 12.1 Å². The van der Waals surface area contributed by atoms with Gasteiger partial charge in [-0.3, -0.25) is 0 Å². The number of hydrogen-bond acceptors (Lipinski definition) is 2. The number of anilines is 3. The van der Waals surface area contributed by atoms with Gasteiger partial charge < -0.3 is 9.32 Å². The molecule has 0 aliphatic rings. The van der Waals surface area contributed by atoms with Crippen molar-refractivity contribution < 1.29 is 4.42 Å². The van der Waals surface area contributed by atoms with Crippen molar-refractivity contribution in [1.82, 2.24) is 0 Å². The van der Waals surface area contributed by atoms with E-state index in [2.05, 4.69) is 229 Å². The van der Waals surface area contributed by atoms with Crippen LogP contribution in [0.3, 0.4) is 0 Å². The van der Waals surface area contributed by atoms with Gasteiger partial charge in [0, 0.05) is 27.7 Å². The van der Waals surface area contributed by atoms with Crippen LogP contribution in [0.5, 0.6) is 0 Å². The van der Waals surface area contributed by atoms with Crippen molar-refractivity contribution in [2.45, 2.75) is 0 Å². The molecule has 0 atom stereocenters. The number of furan rings is 1. The molecule has 0 aliphatic heterocycles. The van der Waals surface area contributed by atoms with Crippen LogP contribution in [0.4, 0.5) is 17.1 Å². The number of benzene rings is 10. The van der Waals surface area contributed by atoms with Crippen molar-refractivity contribution in [2.24, 2.45) is 0 Å². The standard InChI is InChI=1S/C58H39NO/c1-4-16-40(17-5-1)50-36-35-47(39-53(50)42-18-6-2-7-19-42)59(46-33-30-43(31-34-46)49-26-14-23-41-20-10-11-24-48(41)49)55-28-15-27-51(58(55)44-21-8-3-9-22-44)45-32-37-57-54(38-45)52-25-12-13-29-56(52)60-57/h1-39H. The third-order valence-electron chi connectivity index (χ3n) is 11.7. The van der Waals surface area contributed by atoms with E-state index < -0.39 is 0 Å². The first-order valence-corrected chi connectivity index (χ1v) is 20.5. The maximum atomic E-state index is 6.28. The summed E-state index contributed by atoms with van der Waals surface area (Å²) in [5.74, 6) is 0. The van der Waals surface area contributed by atoms with Gasteiger partial charge in [-0.05, 0) is 109 Å². The molecule has 0 radical (unpaired) electrons. The van der Waals surface area contributed by atoms with Crippen LogP contribution < -0.4 is 4.90 Å². The third-order valence-corrected chi connectivity index (χ3v) is 11.7. The second-order valence-electron chi connectivity index (χ2n) is 15.2. The first kappa shape index (κ1) is 35.2. The average molecular weight is 766 g/mol. The zero-order chi connectivity index (χ0) is 39.8. The van der Waals surface area contributed by atoms with Crippen molar-refractivity contribution in [3.8, 4) is 55.6 Å². The van der Waals surface area contributed by atoms with Gasteiger partial charge in [0.2, 0.25) is 0 Å². The van der Waals surface area contributed by atoms with Gasteiger partial charge in [-0.15, -0.1) is 0 Å². The van der Waals surface area contributed by atoms with E-state index in [0.717, 1.165) is 61.3 Å². The summed E-state index contributed by atoms with van der Waals surface area (Å²) in [6, 6.07) is 85.1. The van der Waals surface area contributed by atoms with Crippen molar-refractivity contribution in [2.75, 3.05) is 4.90 Å². The number of rotatable bonds is 8. The predicted molar refractivity (Wildman–Crippen MR) is 253 cm³/mol. The molecule has 0 bridgehead atoms. The Bertz CT molecular complexity index is 3290. The molecule has 2 nitrogen and oxygen atoms in total. The largest absolute Gasteiger partial charge is 0.456 e. The number of nitrogens with zero attached hydrogens (tertiary/aromatic N) is 1. The SMILES string of the molecule is c1ccc(-c2ccc(N(c3ccc(-c4cccc5ccccc45)cc3)c3cccc(-c4ccc5oc6ccccc6c5c4)c3-c3ccccc3)cc2-c2ccccc2)cc1. The van der Waals surface area contributed by atoms with Crippen LogP contribution in [-0.2, 0) is 0 Å². The van der Waals surface area contributed by atoms with Crippen LogP contribution in [0.2, 0.25) is 0 Å². The third kappa shape index (κ3) is 6.32. The lowest BCUT2D eigenvalue weighted by atomic mass is 9.90. The first-order valence-electron chi connectivity index (χ1n) is 20.5. The van der Waals surface area contributed by atoms with Gasteiger partial charge >= 0.3 is 0 Å². The van der Waals surface area contributed by atoms with E-state index in [4.69, 9.17) is 4.42 Å². The van der Waals surface area contributed by atoms with E-state index >= 15 is 0 Å². The smallest absolute Gasteiger partial charge is 0.135 e. The van der Waals surface area contributed by atoms with Gasteiger partial charge in [-0.1, -0.05) is 188 Å². The summed E-state index contributed by atoms with van der Waals surface area (Å²) in [7, 11) is 0. The van der Waals surface area contributed by atoms with Gasteiger partial charge in [0.05, 0.1) is 5.69 Å². The van der Waals surface area contributed by atoms with Gasteiger partial charge in [0.25, 0.3) is 0 Å². The molecule has 60 heavy (non-hydrogen) atoms. The van der Waals surface area contributed by atoms with Gasteiger partial charge in [0.1, 0.15) is 11.2 Å².